The van der Waals surface area contributed by atoms with Gasteiger partial charge in [-0.3, -0.25) is 0 Å². The summed E-state index contributed by atoms with van der Waals surface area (Å²) in [6.07, 6.45) is -0.481. The SMILES string of the molecule is CC(C)OC[C@@H](O)CNc1ccc(F)c(Br)c1. The Bertz CT molecular complexity index is 360. The van der Waals surface area contributed by atoms with Crippen molar-refractivity contribution >= 4 is 21.6 Å². The molecule has 1 aromatic rings. The molecule has 0 saturated heterocycles. The van der Waals surface area contributed by atoms with Crippen LogP contribution in [0.15, 0.2) is 22.7 Å². The third-order valence-corrected chi connectivity index (χ3v) is 2.69. The lowest BCUT2D eigenvalue weighted by atomic mass is 10.3. The van der Waals surface area contributed by atoms with E-state index < -0.39 is 6.10 Å². The van der Waals surface area contributed by atoms with Gasteiger partial charge in [-0.05, 0) is 48.0 Å². The molecule has 96 valence electrons. The summed E-state index contributed by atoms with van der Waals surface area (Å²) in [6.45, 7) is 4.48. The van der Waals surface area contributed by atoms with E-state index in [9.17, 15) is 9.50 Å². The van der Waals surface area contributed by atoms with E-state index in [0.717, 1.165) is 5.69 Å². The molecule has 1 aromatic carbocycles. The molecule has 0 aliphatic rings. The Morgan fingerprint density at radius 1 is 1.47 bits per heavy atom. The molecule has 0 amide bonds. The second kappa shape index (κ2) is 6.93. The molecule has 0 bridgehead atoms. The van der Waals surface area contributed by atoms with E-state index in [1.165, 1.54) is 6.07 Å². The number of aliphatic hydroxyl groups is 1. The van der Waals surface area contributed by atoms with Crippen LogP contribution in [0.25, 0.3) is 0 Å². The van der Waals surface area contributed by atoms with E-state index in [0.29, 0.717) is 11.0 Å². The first kappa shape index (κ1) is 14.4. The molecule has 2 N–H and O–H groups in total. The van der Waals surface area contributed by atoms with Crippen LogP contribution in [0.4, 0.5) is 10.1 Å². The Kier molecular flexibility index (Phi) is 5.88. The highest BCUT2D eigenvalue weighted by molar-refractivity contribution is 9.10. The van der Waals surface area contributed by atoms with E-state index in [2.05, 4.69) is 21.2 Å². The zero-order valence-electron chi connectivity index (χ0n) is 9.91. The van der Waals surface area contributed by atoms with Gasteiger partial charge in [-0.25, -0.2) is 4.39 Å². The molecular formula is C12H17BrFNO2. The number of aliphatic hydroxyl groups excluding tert-OH is 1. The van der Waals surface area contributed by atoms with Crippen molar-refractivity contribution in [1.82, 2.24) is 0 Å². The summed E-state index contributed by atoms with van der Waals surface area (Å²) in [5, 5.41) is 12.6. The van der Waals surface area contributed by atoms with Crippen LogP contribution in [0, 0.1) is 5.82 Å². The summed E-state index contributed by atoms with van der Waals surface area (Å²) in [7, 11) is 0. The molecule has 0 heterocycles. The summed E-state index contributed by atoms with van der Waals surface area (Å²) in [6, 6.07) is 4.62. The standard InChI is InChI=1S/C12H17BrFNO2/c1-8(2)17-7-10(16)6-15-9-3-4-12(14)11(13)5-9/h3-5,8,10,15-16H,6-7H2,1-2H3/t10-/m0/s1. The van der Waals surface area contributed by atoms with Gasteiger partial charge in [-0.1, -0.05) is 0 Å². The van der Waals surface area contributed by atoms with Crippen LogP contribution < -0.4 is 5.32 Å². The van der Waals surface area contributed by atoms with Gasteiger partial charge in [0.15, 0.2) is 0 Å². The zero-order chi connectivity index (χ0) is 12.8. The maximum atomic E-state index is 13.0. The zero-order valence-corrected chi connectivity index (χ0v) is 11.5. The van der Waals surface area contributed by atoms with Gasteiger partial charge in [0, 0.05) is 12.2 Å². The Balaban J connectivity index is 2.36. The number of halogens is 2. The normalized spacial score (nSPS) is 12.8. The third-order valence-electron chi connectivity index (χ3n) is 2.08. The van der Waals surface area contributed by atoms with Crippen molar-refractivity contribution in [3.8, 4) is 0 Å². The van der Waals surface area contributed by atoms with Crippen molar-refractivity contribution in [3.63, 3.8) is 0 Å². The number of rotatable bonds is 6. The largest absolute Gasteiger partial charge is 0.389 e. The quantitative estimate of drug-likeness (QED) is 0.849. The summed E-state index contributed by atoms with van der Waals surface area (Å²) < 4.78 is 18.6. The molecule has 0 spiro atoms. The first-order valence-electron chi connectivity index (χ1n) is 5.47. The molecule has 0 radical (unpaired) electrons. The number of hydrogen-bond acceptors (Lipinski definition) is 3. The maximum Gasteiger partial charge on any atom is 0.137 e. The smallest absolute Gasteiger partial charge is 0.137 e. The number of ether oxygens (including phenoxy) is 1. The van der Waals surface area contributed by atoms with Crippen LogP contribution in [0.2, 0.25) is 0 Å². The number of benzene rings is 1. The van der Waals surface area contributed by atoms with Crippen LogP contribution in [-0.4, -0.2) is 30.5 Å². The van der Waals surface area contributed by atoms with E-state index in [1.807, 2.05) is 13.8 Å². The second-order valence-electron chi connectivity index (χ2n) is 4.05. The highest BCUT2D eigenvalue weighted by Crippen LogP contribution is 2.19. The summed E-state index contributed by atoms with van der Waals surface area (Å²) in [5.41, 5.74) is 0.752. The summed E-state index contributed by atoms with van der Waals surface area (Å²) in [5.74, 6) is -0.306. The van der Waals surface area contributed by atoms with Crippen molar-refractivity contribution in [2.24, 2.45) is 0 Å². The van der Waals surface area contributed by atoms with Crippen LogP contribution in [-0.2, 0) is 4.74 Å². The fraction of sp³-hybridized carbons (Fsp3) is 0.500. The Hall–Kier alpha value is -0.650. The topological polar surface area (TPSA) is 41.5 Å². The molecule has 17 heavy (non-hydrogen) atoms. The molecule has 5 heteroatoms. The number of anilines is 1. The molecule has 0 aliphatic heterocycles. The second-order valence-corrected chi connectivity index (χ2v) is 4.90. The number of nitrogens with one attached hydrogen (secondary N) is 1. The minimum Gasteiger partial charge on any atom is -0.389 e. The summed E-state index contributed by atoms with van der Waals surface area (Å²) >= 11 is 3.10. The first-order valence-corrected chi connectivity index (χ1v) is 6.27. The van der Waals surface area contributed by atoms with E-state index in [4.69, 9.17) is 4.74 Å². The summed E-state index contributed by atoms with van der Waals surface area (Å²) in [4.78, 5) is 0. The third kappa shape index (κ3) is 5.48. The molecule has 1 rings (SSSR count). The highest BCUT2D eigenvalue weighted by Gasteiger charge is 2.06. The molecule has 0 unspecified atom stereocenters. The minimum atomic E-state index is -0.582. The van der Waals surface area contributed by atoms with Gasteiger partial charge in [0.1, 0.15) is 5.82 Å². The van der Waals surface area contributed by atoms with Crippen molar-refractivity contribution in [2.45, 2.75) is 26.1 Å². The molecule has 0 fully saturated rings. The predicted molar refractivity (Wildman–Crippen MR) is 69.7 cm³/mol. The lowest BCUT2D eigenvalue weighted by Crippen LogP contribution is -2.26. The van der Waals surface area contributed by atoms with E-state index >= 15 is 0 Å². The molecule has 0 aliphatic carbocycles. The van der Waals surface area contributed by atoms with Crippen molar-refractivity contribution in [1.29, 1.82) is 0 Å². The predicted octanol–water partition coefficient (Wildman–Crippen LogP) is 2.79. The average molecular weight is 306 g/mol. The van der Waals surface area contributed by atoms with Gasteiger partial charge in [0.2, 0.25) is 0 Å². The van der Waals surface area contributed by atoms with Crippen LogP contribution in [0.1, 0.15) is 13.8 Å². The van der Waals surface area contributed by atoms with Crippen LogP contribution >= 0.6 is 15.9 Å². The van der Waals surface area contributed by atoms with Crippen molar-refractivity contribution in [2.75, 3.05) is 18.5 Å². The minimum absolute atomic E-state index is 0.101. The fourth-order valence-corrected chi connectivity index (χ4v) is 1.58. The fourth-order valence-electron chi connectivity index (χ4n) is 1.20. The molecular weight excluding hydrogens is 289 g/mol. The highest BCUT2D eigenvalue weighted by atomic mass is 79.9. The van der Waals surface area contributed by atoms with Crippen LogP contribution in [0.3, 0.4) is 0 Å². The van der Waals surface area contributed by atoms with Gasteiger partial charge >= 0.3 is 0 Å². The van der Waals surface area contributed by atoms with E-state index in [1.54, 1.807) is 12.1 Å². The molecule has 3 nitrogen and oxygen atoms in total. The molecule has 0 aromatic heterocycles. The van der Waals surface area contributed by atoms with Crippen molar-refractivity contribution in [3.05, 3.63) is 28.5 Å². The maximum absolute atomic E-state index is 13.0. The van der Waals surface area contributed by atoms with Crippen molar-refractivity contribution < 1.29 is 14.2 Å². The monoisotopic (exact) mass is 305 g/mol. The Labute approximate surface area is 109 Å². The van der Waals surface area contributed by atoms with Gasteiger partial charge in [-0.2, -0.15) is 0 Å². The van der Waals surface area contributed by atoms with Gasteiger partial charge in [-0.15, -0.1) is 0 Å². The molecule has 1 atom stereocenters. The average Bonchev–Trinajstić information content (AvgIpc) is 2.28. The first-order chi connectivity index (χ1) is 7.99. The van der Waals surface area contributed by atoms with Gasteiger partial charge in [0.05, 0.1) is 23.3 Å². The molecule has 0 saturated carbocycles. The Morgan fingerprint density at radius 2 is 2.18 bits per heavy atom. The van der Waals surface area contributed by atoms with Gasteiger partial charge in [0.25, 0.3) is 0 Å². The lowest BCUT2D eigenvalue weighted by Gasteiger charge is -2.15. The van der Waals surface area contributed by atoms with Gasteiger partial charge < -0.3 is 15.2 Å². The van der Waals surface area contributed by atoms with E-state index in [-0.39, 0.29) is 18.5 Å². The van der Waals surface area contributed by atoms with Crippen LogP contribution in [0.5, 0.6) is 0 Å². The lowest BCUT2D eigenvalue weighted by molar-refractivity contribution is 0.0112. The Morgan fingerprint density at radius 3 is 2.76 bits per heavy atom. The number of hydrogen-bond donors (Lipinski definition) is 2.